The first-order valence-electron chi connectivity index (χ1n) is 6.17. The SMILES string of the molecule is CC(C)(C)OC(=O)N1CCCC1c1[nH]ncc1N. The van der Waals surface area contributed by atoms with E-state index >= 15 is 0 Å². The molecule has 3 N–H and O–H groups in total. The third-order valence-corrected chi connectivity index (χ3v) is 2.91. The second-order valence-corrected chi connectivity index (χ2v) is 5.57. The maximum atomic E-state index is 12.1. The van der Waals surface area contributed by atoms with Gasteiger partial charge >= 0.3 is 6.09 Å². The van der Waals surface area contributed by atoms with Crippen LogP contribution in [-0.4, -0.2) is 33.3 Å². The molecule has 0 aliphatic carbocycles. The van der Waals surface area contributed by atoms with Crippen LogP contribution in [0.15, 0.2) is 6.20 Å². The van der Waals surface area contributed by atoms with Gasteiger partial charge in [0.15, 0.2) is 0 Å². The molecule has 0 aromatic carbocycles. The van der Waals surface area contributed by atoms with Crippen molar-refractivity contribution in [1.29, 1.82) is 0 Å². The number of hydrogen-bond donors (Lipinski definition) is 2. The van der Waals surface area contributed by atoms with E-state index in [9.17, 15) is 4.79 Å². The van der Waals surface area contributed by atoms with Crippen molar-refractivity contribution in [3.05, 3.63) is 11.9 Å². The van der Waals surface area contributed by atoms with Gasteiger partial charge in [-0.15, -0.1) is 0 Å². The summed E-state index contributed by atoms with van der Waals surface area (Å²) in [4.78, 5) is 13.8. The predicted octanol–water partition coefficient (Wildman–Crippen LogP) is 2.06. The van der Waals surface area contributed by atoms with Gasteiger partial charge in [0.2, 0.25) is 0 Å². The van der Waals surface area contributed by atoms with Crippen LogP contribution in [0, 0.1) is 0 Å². The van der Waals surface area contributed by atoms with E-state index in [4.69, 9.17) is 10.5 Å². The van der Waals surface area contributed by atoms with E-state index < -0.39 is 5.60 Å². The van der Waals surface area contributed by atoms with Gasteiger partial charge in [-0.1, -0.05) is 0 Å². The summed E-state index contributed by atoms with van der Waals surface area (Å²) in [5.41, 5.74) is 6.75. The molecule has 1 aliphatic rings. The lowest BCUT2D eigenvalue weighted by molar-refractivity contribution is 0.0222. The van der Waals surface area contributed by atoms with Crippen LogP contribution in [0.5, 0.6) is 0 Å². The Hall–Kier alpha value is -1.72. The maximum absolute atomic E-state index is 12.1. The highest BCUT2D eigenvalue weighted by atomic mass is 16.6. The molecule has 0 spiro atoms. The number of amides is 1. The zero-order chi connectivity index (χ0) is 13.3. The first-order valence-corrected chi connectivity index (χ1v) is 6.17. The molecule has 1 fully saturated rings. The number of nitrogens with zero attached hydrogens (tertiary/aromatic N) is 2. The molecule has 2 heterocycles. The van der Waals surface area contributed by atoms with Crippen molar-refractivity contribution in [2.24, 2.45) is 0 Å². The smallest absolute Gasteiger partial charge is 0.410 e. The van der Waals surface area contributed by atoms with Crippen LogP contribution in [0.2, 0.25) is 0 Å². The molecule has 1 aromatic rings. The van der Waals surface area contributed by atoms with Crippen molar-refractivity contribution >= 4 is 11.8 Å². The van der Waals surface area contributed by atoms with E-state index in [1.54, 1.807) is 11.1 Å². The van der Waals surface area contributed by atoms with Crippen LogP contribution in [0.3, 0.4) is 0 Å². The van der Waals surface area contributed by atoms with Crippen molar-refractivity contribution in [1.82, 2.24) is 15.1 Å². The lowest BCUT2D eigenvalue weighted by Gasteiger charge is -2.28. The first kappa shape index (κ1) is 12.7. The van der Waals surface area contributed by atoms with E-state index in [-0.39, 0.29) is 12.1 Å². The van der Waals surface area contributed by atoms with E-state index in [0.717, 1.165) is 18.5 Å². The van der Waals surface area contributed by atoms with Gasteiger partial charge in [-0.3, -0.25) is 10.00 Å². The number of nitrogens with two attached hydrogens (primary N) is 1. The van der Waals surface area contributed by atoms with Gasteiger partial charge in [-0.25, -0.2) is 4.79 Å². The summed E-state index contributed by atoms with van der Waals surface area (Å²) in [5.74, 6) is 0. The second-order valence-electron chi connectivity index (χ2n) is 5.57. The Kier molecular flexibility index (Phi) is 3.19. The second kappa shape index (κ2) is 4.51. The molecular formula is C12H20N4O2. The van der Waals surface area contributed by atoms with Crippen molar-refractivity contribution in [2.75, 3.05) is 12.3 Å². The quantitative estimate of drug-likeness (QED) is 0.801. The van der Waals surface area contributed by atoms with E-state index in [1.807, 2.05) is 20.8 Å². The molecule has 6 heteroatoms. The summed E-state index contributed by atoms with van der Waals surface area (Å²) >= 11 is 0. The van der Waals surface area contributed by atoms with Crippen LogP contribution < -0.4 is 5.73 Å². The number of carbonyl (C=O) groups excluding carboxylic acids is 1. The van der Waals surface area contributed by atoms with Gasteiger partial charge in [-0.05, 0) is 33.6 Å². The molecule has 1 aliphatic heterocycles. The zero-order valence-electron chi connectivity index (χ0n) is 11.1. The van der Waals surface area contributed by atoms with Crippen molar-refractivity contribution in [3.8, 4) is 0 Å². The van der Waals surface area contributed by atoms with Crippen molar-refractivity contribution < 1.29 is 9.53 Å². The third-order valence-electron chi connectivity index (χ3n) is 2.91. The summed E-state index contributed by atoms with van der Waals surface area (Å²) in [5, 5.41) is 6.78. The number of anilines is 1. The predicted molar refractivity (Wildman–Crippen MR) is 67.9 cm³/mol. The third kappa shape index (κ3) is 2.57. The van der Waals surface area contributed by atoms with Gasteiger partial charge < -0.3 is 10.5 Å². The molecule has 0 radical (unpaired) electrons. The van der Waals surface area contributed by atoms with Gasteiger partial charge in [0.1, 0.15) is 5.60 Å². The fraction of sp³-hybridized carbons (Fsp3) is 0.667. The standard InChI is InChI=1S/C12H20N4O2/c1-12(2,3)18-11(17)16-6-4-5-9(16)10-8(13)7-14-15-10/h7,9H,4-6,13H2,1-3H3,(H,14,15). The molecule has 6 nitrogen and oxygen atoms in total. The van der Waals surface area contributed by atoms with E-state index in [0.29, 0.717) is 12.2 Å². The lowest BCUT2D eigenvalue weighted by Crippen LogP contribution is -2.36. The number of H-pyrrole nitrogens is 1. The molecule has 100 valence electrons. The van der Waals surface area contributed by atoms with Crippen LogP contribution in [0.4, 0.5) is 10.5 Å². The Balaban J connectivity index is 2.13. The molecule has 1 amide bonds. The minimum atomic E-state index is -0.482. The lowest BCUT2D eigenvalue weighted by atomic mass is 10.1. The fourth-order valence-electron chi connectivity index (χ4n) is 2.18. The molecule has 2 rings (SSSR count). The number of nitrogen functional groups attached to an aromatic ring is 1. The summed E-state index contributed by atoms with van der Waals surface area (Å²) in [6.45, 7) is 6.28. The minimum absolute atomic E-state index is 0.0534. The highest BCUT2D eigenvalue weighted by molar-refractivity contribution is 5.69. The highest BCUT2D eigenvalue weighted by Crippen LogP contribution is 2.34. The van der Waals surface area contributed by atoms with E-state index in [1.165, 1.54) is 0 Å². The summed E-state index contributed by atoms with van der Waals surface area (Å²) in [7, 11) is 0. The average molecular weight is 252 g/mol. The molecule has 0 bridgehead atoms. The van der Waals surface area contributed by atoms with Gasteiger partial charge in [0.25, 0.3) is 0 Å². The van der Waals surface area contributed by atoms with Crippen LogP contribution in [0.25, 0.3) is 0 Å². The number of aromatic amines is 1. The number of ether oxygens (including phenoxy) is 1. The summed E-state index contributed by atoms with van der Waals surface area (Å²) in [6.07, 6.45) is 3.11. The van der Waals surface area contributed by atoms with Crippen molar-refractivity contribution in [2.45, 2.75) is 45.3 Å². The Bertz CT molecular complexity index is 436. The molecule has 1 aromatic heterocycles. The fourth-order valence-corrected chi connectivity index (χ4v) is 2.18. The number of rotatable bonds is 1. The number of nitrogens with one attached hydrogen (secondary N) is 1. The average Bonchev–Trinajstić information content (AvgIpc) is 2.82. The Morgan fingerprint density at radius 3 is 2.89 bits per heavy atom. The Morgan fingerprint density at radius 2 is 2.33 bits per heavy atom. The Morgan fingerprint density at radius 1 is 1.61 bits per heavy atom. The normalized spacial score (nSPS) is 20.2. The van der Waals surface area contributed by atoms with Gasteiger partial charge in [0.05, 0.1) is 23.6 Å². The van der Waals surface area contributed by atoms with Crippen LogP contribution in [-0.2, 0) is 4.74 Å². The topological polar surface area (TPSA) is 84.2 Å². The molecular weight excluding hydrogens is 232 g/mol. The monoisotopic (exact) mass is 252 g/mol. The van der Waals surface area contributed by atoms with Crippen LogP contribution in [0.1, 0.15) is 45.3 Å². The molecule has 1 saturated heterocycles. The summed E-state index contributed by atoms with van der Waals surface area (Å²) in [6, 6.07) is -0.0534. The number of likely N-dealkylation sites (tertiary alicyclic amines) is 1. The van der Waals surface area contributed by atoms with Crippen molar-refractivity contribution in [3.63, 3.8) is 0 Å². The molecule has 18 heavy (non-hydrogen) atoms. The Labute approximate surface area is 106 Å². The van der Waals surface area contributed by atoms with Gasteiger partial charge in [-0.2, -0.15) is 5.10 Å². The molecule has 1 unspecified atom stereocenters. The number of carbonyl (C=O) groups is 1. The highest BCUT2D eigenvalue weighted by Gasteiger charge is 2.34. The molecule has 0 saturated carbocycles. The van der Waals surface area contributed by atoms with E-state index in [2.05, 4.69) is 10.2 Å². The minimum Gasteiger partial charge on any atom is -0.444 e. The summed E-state index contributed by atoms with van der Waals surface area (Å²) < 4.78 is 5.40. The first-order chi connectivity index (χ1) is 8.38. The zero-order valence-corrected chi connectivity index (χ0v) is 11.1. The number of hydrogen-bond acceptors (Lipinski definition) is 4. The number of aromatic nitrogens is 2. The maximum Gasteiger partial charge on any atom is 0.410 e. The molecule has 1 atom stereocenters. The van der Waals surface area contributed by atoms with Gasteiger partial charge in [0, 0.05) is 6.54 Å². The van der Waals surface area contributed by atoms with Crippen LogP contribution >= 0.6 is 0 Å². The largest absolute Gasteiger partial charge is 0.444 e.